The van der Waals surface area contributed by atoms with E-state index in [9.17, 15) is 19.5 Å². The number of nitrogens with zero attached hydrogens (tertiary/aromatic N) is 3. The number of aromatic nitrogens is 2. The number of carbonyl (C=O) groups excluding carboxylic acids is 3. The Kier molecular flexibility index (Phi) is 10.5. The van der Waals surface area contributed by atoms with Crippen LogP contribution < -0.4 is 10.1 Å². The number of hydrogen-bond acceptors (Lipinski definition) is 9. The van der Waals surface area contributed by atoms with Crippen LogP contribution >= 0.6 is 0 Å². The number of amides is 2. The van der Waals surface area contributed by atoms with Crippen molar-refractivity contribution in [3.05, 3.63) is 23.9 Å². The number of hydrogen-bond donors (Lipinski definition) is 2. The van der Waals surface area contributed by atoms with Crippen molar-refractivity contribution >= 4 is 28.8 Å². The van der Waals surface area contributed by atoms with Crippen LogP contribution in [0.3, 0.4) is 0 Å². The summed E-state index contributed by atoms with van der Waals surface area (Å²) < 4.78 is 16.6. The molecular weight excluding hydrogens is 576 g/mol. The number of nitrogens with one attached hydrogen (secondary N) is 1. The standard InChI is InChI=1S/C34H48N4O7/c1-5-22-16-17-38(29(22)21(2)39)32(41)30(34(3)19-44-20-34)37-33(42)45-28-13-9-11-23(28)10-7-6-8-12-26-31(40)36-27-18-24(43-4)14-15-25(27)35-26/h14-15,18,22-23,28-30H,5-13,16-17,19-20H2,1-4H3,(H,36,40)(H,37,42)/t22-,23-,28?,29-,30?/m1/s1. The Morgan fingerprint density at radius 2 is 1.91 bits per heavy atom. The maximum Gasteiger partial charge on any atom is 0.408 e. The number of alkyl carbamates (subject to hydrolysis) is 1. The number of ketones is 1. The van der Waals surface area contributed by atoms with Gasteiger partial charge in [0.25, 0.3) is 0 Å². The first-order valence-electron chi connectivity index (χ1n) is 16.5. The summed E-state index contributed by atoms with van der Waals surface area (Å²) in [5.74, 6) is 0.791. The quantitative estimate of drug-likeness (QED) is 0.296. The molecule has 3 heterocycles. The van der Waals surface area contributed by atoms with Gasteiger partial charge < -0.3 is 29.5 Å². The van der Waals surface area contributed by atoms with Gasteiger partial charge in [-0.05, 0) is 75.8 Å². The monoisotopic (exact) mass is 624 g/mol. The Morgan fingerprint density at radius 1 is 1.11 bits per heavy atom. The molecule has 11 heteroatoms. The van der Waals surface area contributed by atoms with Crippen molar-refractivity contribution in [2.45, 2.75) is 103 Å². The van der Waals surface area contributed by atoms with Gasteiger partial charge in [-0.25, -0.2) is 14.8 Å². The SMILES string of the molecule is CC[C@@H]1CCN(C(=O)C(NC(=O)OC2CCC[C@H]2CCCCCc2nc3ccc(OC)cc3nc2O)C2(C)COC2)[C@@H]1C(C)=O. The number of fused-ring (bicyclic) bond motifs is 1. The number of ether oxygens (including phenoxy) is 3. The zero-order valence-corrected chi connectivity index (χ0v) is 27.0. The molecule has 11 nitrogen and oxygen atoms in total. The van der Waals surface area contributed by atoms with Gasteiger partial charge in [0.05, 0.1) is 37.4 Å². The van der Waals surface area contributed by atoms with E-state index in [0.717, 1.165) is 63.3 Å². The van der Waals surface area contributed by atoms with E-state index in [1.165, 1.54) is 0 Å². The van der Waals surface area contributed by atoms with Crippen molar-refractivity contribution in [3.8, 4) is 11.6 Å². The second-order valence-electron chi connectivity index (χ2n) is 13.4. The molecular formula is C34H48N4O7. The maximum atomic E-state index is 13.8. The molecule has 246 valence electrons. The van der Waals surface area contributed by atoms with Crippen molar-refractivity contribution in [3.63, 3.8) is 0 Å². The Balaban J connectivity index is 1.11. The van der Waals surface area contributed by atoms with Gasteiger partial charge in [-0.2, -0.15) is 0 Å². The van der Waals surface area contributed by atoms with E-state index in [4.69, 9.17) is 14.2 Å². The van der Waals surface area contributed by atoms with E-state index < -0.39 is 23.6 Å². The zero-order valence-electron chi connectivity index (χ0n) is 27.0. The molecule has 1 aromatic heterocycles. The first-order valence-corrected chi connectivity index (χ1v) is 16.5. The van der Waals surface area contributed by atoms with Crippen LogP contribution in [-0.4, -0.2) is 82.8 Å². The predicted octanol–water partition coefficient (Wildman–Crippen LogP) is 4.96. The average Bonchev–Trinajstić information content (AvgIpc) is 3.65. The van der Waals surface area contributed by atoms with Crippen LogP contribution in [-0.2, 0) is 25.5 Å². The molecule has 1 saturated carbocycles. The van der Waals surface area contributed by atoms with Crippen LogP contribution in [0.2, 0.25) is 0 Å². The molecule has 2 aliphatic heterocycles. The number of benzene rings is 1. The third-order valence-electron chi connectivity index (χ3n) is 10.1. The Bertz CT molecular complexity index is 1380. The van der Waals surface area contributed by atoms with Crippen LogP contribution in [0.25, 0.3) is 11.0 Å². The molecule has 5 atom stereocenters. The second-order valence-corrected chi connectivity index (χ2v) is 13.4. The summed E-state index contributed by atoms with van der Waals surface area (Å²) in [5, 5.41) is 13.3. The largest absolute Gasteiger partial charge is 0.497 e. The second kappa shape index (κ2) is 14.3. The summed E-state index contributed by atoms with van der Waals surface area (Å²) in [6.07, 6.45) is 8.00. The molecule has 2 unspecified atom stereocenters. The molecule has 3 fully saturated rings. The van der Waals surface area contributed by atoms with Crippen LogP contribution in [0, 0.1) is 17.3 Å². The molecule has 3 aliphatic rings. The first kappa shape index (κ1) is 32.9. The number of carbonyl (C=O) groups is 3. The summed E-state index contributed by atoms with van der Waals surface area (Å²) in [5.41, 5.74) is 1.36. The number of rotatable bonds is 13. The third kappa shape index (κ3) is 7.34. The molecule has 0 bridgehead atoms. The summed E-state index contributed by atoms with van der Waals surface area (Å²) in [6.45, 7) is 6.77. The minimum absolute atomic E-state index is 0.0131. The lowest BCUT2D eigenvalue weighted by Crippen LogP contribution is -2.64. The minimum Gasteiger partial charge on any atom is -0.497 e. The van der Waals surface area contributed by atoms with Gasteiger partial charge in [0.1, 0.15) is 23.6 Å². The number of unbranched alkanes of at least 4 members (excludes halogenated alkanes) is 2. The molecule has 2 aromatic rings. The fourth-order valence-corrected chi connectivity index (χ4v) is 7.38. The number of Topliss-reactive ketones (excluding diaryl/α,β-unsaturated/α-hetero) is 1. The fraction of sp³-hybridized carbons (Fsp3) is 0.676. The molecule has 1 aliphatic carbocycles. The van der Waals surface area contributed by atoms with Gasteiger partial charge in [-0.3, -0.25) is 9.59 Å². The lowest BCUT2D eigenvalue weighted by Gasteiger charge is -2.45. The van der Waals surface area contributed by atoms with E-state index >= 15 is 0 Å². The number of methoxy groups -OCH3 is 1. The molecule has 0 spiro atoms. The summed E-state index contributed by atoms with van der Waals surface area (Å²) in [4.78, 5) is 50.1. The van der Waals surface area contributed by atoms with Gasteiger partial charge >= 0.3 is 6.09 Å². The topological polar surface area (TPSA) is 140 Å². The number of aryl methyl sites for hydroxylation is 1. The third-order valence-corrected chi connectivity index (χ3v) is 10.1. The van der Waals surface area contributed by atoms with E-state index in [1.54, 1.807) is 25.0 Å². The highest BCUT2D eigenvalue weighted by Gasteiger charge is 2.51. The molecule has 2 N–H and O–H groups in total. The van der Waals surface area contributed by atoms with Gasteiger partial charge in [-0.1, -0.05) is 33.1 Å². The van der Waals surface area contributed by atoms with Crippen molar-refractivity contribution in [2.24, 2.45) is 17.3 Å². The smallest absolute Gasteiger partial charge is 0.408 e. The molecule has 1 aromatic carbocycles. The minimum atomic E-state index is -0.812. The number of likely N-dealkylation sites (tertiary alicyclic amines) is 1. The van der Waals surface area contributed by atoms with Gasteiger partial charge in [-0.15, -0.1) is 0 Å². The molecule has 5 rings (SSSR count). The maximum absolute atomic E-state index is 13.8. The van der Waals surface area contributed by atoms with Crippen LogP contribution in [0.5, 0.6) is 11.6 Å². The molecule has 45 heavy (non-hydrogen) atoms. The van der Waals surface area contributed by atoms with E-state index in [0.29, 0.717) is 43.1 Å². The highest BCUT2D eigenvalue weighted by atomic mass is 16.6. The normalized spacial score (nSPS) is 24.7. The van der Waals surface area contributed by atoms with E-state index in [1.807, 2.05) is 26.0 Å². The fourth-order valence-electron chi connectivity index (χ4n) is 7.38. The molecule has 2 amide bonds. The van der Waals surface area contributed by atoms with Crippen LogP contribution in [0.1, 0.15) is 84.3 Å². The molecule has 2 saturated heterocycles. The highest BCUT2D eigenvalue weighted by Crippen LogP contribution is 2.36. The van der Waals surface area contributed by atoms with Gasteiger partial charge in [0.15, 0.2) is 5.78 Å². The lowest BCUT2D eigenvalue weighted by molar-refractivity contribution is -0.158. The Hall–Kier alpha value is -3.47. The Labute approximate surface area is 265 Å². The van der Waals surface area contributed by atoms with Crippen molar-refractivity contribution in [1.29, 1.82) is 0 Å². The van der Waals surface area contributed by atoms with Crippen LogP contribution in [0.4, 0.5) is 4.79 Å². The van der Waals surface area contributed by atoms with Crippen molar-refractivity contribution in [1.82, 2.24) is 20.2 Å². The highest BCUT2D eigenvalue weighted by molar-refractivity contribution is 5.92. The predicted molar refractivity (Wildman–Crippen MR) is 168 cm³/mol. The van der Waals surface area contributed by atoms with Gasteiger partial charge in [0.2, 0.25) is 11.8 Å². The summed E-state index contributed by atoms with van der Waals surface area (Å²) in [7, 11) is 1.59. The average molecular weight is 625 g/mol. The molecule has 0 radical (unpaired) electrons. The number of aromatic hydroxyl groups is 1. The van der Waals surface area contributed by atoms with Crippen LogP contribution in [0.15, 0.2) is 18.2 Å². The Morgan fingerprint density at radius 3 is 2.60 bits per heavy atom. The lowest BCUT2D eigenvalue weighted by atomic mass is 9.79. The van der Waals surface area contributed by atoms with Crippen molar-refractivity contribution in [2.75, 3.05) is 26.9 Å². The van der Waals surface area contributed by atoms with E-state index in [2.05, 4.69) is 15.3 Å². The van der Waals surface area contributed by atoms with Crippen molar-refractivity contribution < 1.29 is 33.7 Å². The summed E-state index contributed by atoms with van der Waals surface area (Å²) >= 11 is 0. The zero-order chi connectivity index (χ0) is 32.1. The van der Waals surface area contributed by atoms with E-state index in [-0.39, 0.29) is 35.5 Å². The summed E-state index contributed by atoms with van der Waals surface area (Å²) in [6, 6.07) is 4.17. The first-order chi connectivity index (χ1) is 21.6. The van der Waals surface area contributed by atoms with Gasteiger partial charge in [0, 0.05) is 18.0 Å².